The number of nitrogens with two attached hydrogens (primary N) is 2. The number of pyridine rings is 1. The van der Waals surface area contributed by atoms with Gasteiger partial charge in [-0.1, -0.05) is 18.2 Å². The van der Waals surface area contributed by atoms with E-state index in [-0.39, 0.29) is 23.9 Å². The minimum atomic E-state index is -0.114. The van der Waals surface area contributed by atoms with E-state index in [4.69, 9.17) is 40.5 Å². The van der Waals surface area contributed by atoms with Crippen LogP contribution in [-0.2, 0) is 56.2 Å². The molecule has 0 unspecified atom stereocenters. The number of piperazine rings is 1. The number of carbonyl (C=O) groups excluding carboxylic acids is 2. The molecule has 6 N–H and O–H groups in total. The van der Waals surface area contributed by atoms with Crippen molar-refractivity contribution in [3.8, 4) is 11.3 Å². The Balaban J connectivity index is 0.554. The van der Waals surface area contributed by atoms with Gasteiger partial charge in [0.1, 0.15) is 29.3 Å². The van der Waals surface area contributed by atoms with Crippen LogP contribution in [0.4, 0.5) is 23.5 Å². The van der Waals surface area contributed by atoms with Crippen molar-refractivity contribution in [2.75, 3.05) is 113 Å². The van der Waals surface area contributed by atoms with Gasteiger partial charge >= 0.3 is 0 Å². The summed E-state index contributed by atoms with van der Waals surface area (Å²) in [4.78, 5) is 67.0. The van der Waals surface area contributed by atoms with E-state index in [0.29, 0.717) is 132 Å². The number of anilines is 4. The van der Waals surface area contributed by atoms with Crippen molar-refractivity contribution in [3.05, 3.63) is 95.0 Å². The first-order valence-electron chi connectivity index (χ1n) is 24.7. The molecule has 3 aliphatic rings. The number of hydrogen-bond acceptors (Lipinski definition) is 19. The first-order valence-corrected chi connectivity index (χ1v) is 24.7. The lowest BCUT2D eigenvalue weighted by atomic mass is 9.97. The Hall–Kier alpha value is -7.24. The summed E-state index contributed by atoms with van der Waals surface area (Å²) in [6.45, 7) is 9.48. The van der Waals surface area contributed by atoms with Crippen LogP contribution in [0.2, 0.25) is 0 Å². The lowest BCUT2D eigenvalue weighted by Crippen LogP contribution is -2.48. The molecule has 0 saturated carbocycles. The summed E-state index contributed by atoms with van der Waals surface area (Å²) < 4.78 is 24.5. The minimum Gasteiger partial charge on any atom is -0.383 e. The monoisotopic (exact) mass is 980 g/mol. The van der Waals surface area contributed by atoms with E-state index in [2.05, 4.69) is 68.2 Å². The molecule has 1 fully saturated rings. The summed E-state index contributed by atoms with van der Waals surface area (Å²) in [7, 11) is 0. The zero-order chi connectivity index (χ0) is 49.2. The summed E-state index contributed by atoms with van der Waals surface area (Å²) in [5, 5.41) is 9.97. The summed E-state index contributed by atoms with van der Waals surface area (Å²) >= 11 is 0. The Morgan fingerprint density at radius 2 is 1.44 bits per heavy atom. The highest BCUT2D eigenvalue weighted by atomic mass is 16.6. The highest BCUT2D eigenvalue weighted by Gasteiger charge is 2.25. The smallest absolute Gasteiger partial charge is 0.227 e. The van der Waals surface area contributed by atoms with Gasteiger partial charge in [-0.2, -0.15) is 10.1 Å². The molecule has 0 atom stereocenters. The third-order valence-corrected chi connectivity index (χ3v) is 13.2. The number of ether oxygens (including phenoxy) is 4. The van der Waals surface area contributed by atoms with Gasteiger partial charge in [0.25, 0.3) is 0 Å². The van der Waals surface area contributed by atoms with Crippen molar-refractivity contribution >= 4 is 57.3 Å². The highest BCUT2D eigenvalue weighted by molar-refractivity contribution is 6.00. The van der Waals surface area contributed by atoms with Gasteiger partial charge in [0.05, 0.1) is 75.9 Å². The van der Waals surface area contributed by atoms with Crippen molar-refractivity contribution < 1.29 is 28.5 Å². The van der Waals surface area contributed by atoms with Gasteiger partial charge in [0.15, 0.2) is 11.4 Å². The number of nitrogens with zero attached hydrogens (tertiary/aromatic N) is 12. The molecule has 0 aliphatic carbocycles. The first-order chi connectivity index (χ1) is 35.3. The molecule has 1 saturated heterocycles. The zero-order valence-corrected chi connectivity index (χ0v) is 40.3. The van der Waals surface area contributed by atoms with Crippen LogP contribution < -0.4 is 26.6 Å². The Bertz CT molecular complexity index is 3010. The van der Waals surface area contributed by atoms with E-state index < -0.39 is 0 Å². The molecule has 9 heterocycles. The van der Waals surface area contributed by atoms with Crippen LogP contribution in [0.3, 0.4) is 0 Å². The molecular weight excluding hydrogens is 921 g/mol. The first kappa shape index (κ1) is 48.4. The van der Waals surface area contributed by atoms with Gasteiger partial charge in [0.2, 0.25) is 17.8 Å². The van der Waals surface area contributed by atoms with Crippen molar-refractivity contribution in [1.82, 2.24) is 59.9 Å². The van der Waals surface area contributed by atoms with E-state index in [1.165, 1.54) is 18.1 Å². The second-order valence-electron chi connectivity index (χ2n) is 18.0. The normalized spacial score (nSPS) is 14.8. The third kappa shape index (κ3) is 11.4. The Labute approximate surface area is 415 Å². The molecule has 72 heavy (non-hydrogen) atoms. The predicted octanol–water partition coefficient (Wildman–Crippen LogP) is 3.14. The van der Waals surface area contributed by atoms with E-state index in [1.807, 2.05) is 34.1 Å². The fraction of sp³-hybridized carbons (Fsp3) is 0.440. The number of nitrogen functional groups attached to an aromatic ring is 2. The van der Waals surface area contributed by atoms with Crippen LogP contribution in [0.1, 0.15) is 57.6 Å². The molecule has 22 nitrogen and oxygen atoms in total. The Kier molecular flexibility index (Phi) is 15.4. The van der Waals surface area contributed by atoms with Crippen LogP contribution in [-0.4, -0.2) is 158 Å². The number of fused-ring (bicyclic) bond motifs is 4. The van der Waals surface area contributed by atoms with Crippen molar-refractivity contribution in [1.29, 1.82) is 0 Å². The van der Waals surface area contributed by atoms with E-state index in [1.54, 1.807) is 6.20 Å². The van der Waals surface area contributed by atoms with Gasteiger partial charge in [-0.3, -0.25) is 9.59 Å². The SMILES string of the molecule is Nc1nc(N2CCN(c3ncc4c(n3)CCNC4)CC2)ncc1C(=O)CCCOCCOCCOCCOCCC(=O)N1CCc2cc(Cn3nc(-c4cnc5[nH]ccc5c4)c4c(N)ncnc43)ccc2C1. The summed E-state index contributed by atoms with van der Waals surface area (Å²) in [5.41, 5.74) is 21.6. The zero-order valence-electron chi connectivity index (χ0n) is 40.3. The van der Waals surface area contributed by atoms with Gasteiger partial charge in [-0.05, 0) is 41.7 Å². The second kappa shape index (κ2) is 22.9. The van der Waals surface area contributed by atoms with Gasteiger partial charge in [0, 0.05) is 113 Å². The standard InChI is InChI=1S/C50H60N16O6/c51-45-39(29-57-50(61-45)64-14-12-63(13-15-64)49-56-28-38-26-53-9-6-40(38)60-49)41(67)2-1-16-69-18-20-71-22-23-72-21-19-70-17-8-42(68)65-11-7-34-24-33(3-4-36(34)31-65)30-66-48-43(46(52)58-32-59-48)44(62-66)37-25-35-5-10-54-47(35)55-27-37/h3-5,10,24-25,27-29,32,53H,1-2,6-9,11-23,26,30-31H2,(H,54,55)(H2,51,57,61)(H2,52,58,59). The number of carbonyl (C=O) groups is 2. The lowest BCUT2D eigenvalue weighted by Gasteiger charge is -2.35. The minimum absolute atomic E-state index is 0.0644. The molecule has 7 aromatic rings. The maximum Gasteiger partial charge on any atom is 0.227 e. The number of nitrogens with one attached hydrogen (secondary N) is 2. The van der Waals surface area contributed by atoms with Crippen LogP contribution in [0.5, 0.6) is 0 Å². The number of Topliss-reactive ketones (excluding diaryl/α,β-unsaturated/α-hetero) is 1. The van der Waals surface area contributed by atoms with Crippen LogP contribution in [0, 0.1) is 0 Å². The average Bonchev–Trinajstić information content (AvgIpc) is 4.04. The van der Waals surface area contributed by atoms with Crippen LogP contribution in [0.25, 0.3) is 33.3 Å². The number of amides is 1. The number of aromatic amines is 1. The molecule has 6 aromatic heterocycles. The van der Waals surface area contributed by atoms with Crippen LogP contribution >= 0.6 is 0 Å². The molecule has 1 aromatic carbocycles. The average molecular weight is 981 g/mol. The quantitative estimate of drug-likeness (QED) is 0.0561. The van der Waals surface area contributed by atoms with Crippen molar-refractivity contribution in [3.63, 3.8) is 0 Å². The Morgan fingerprint density at radius 3 is 2.24 bits per heavy atom. The number of aromatic nitrogens is 10. The molecule has 0 radical (unpaired) electrons. The largest absolute Gasteiger partial charge is 0.383 e. The number of H-pyrrole nitrogens is 1. The van der Waals surface area contributed by atoms with Gasteiger partial charge in [-0.15, -0.1) is 0 Å². The fourth-order valence-electron chi connectivity index (χ4n) is 9.29. The van der Waals surface area contributed by atoms with Crippen LogP contribution in [0.15, 0.2) is 61.4 Å². The second-order valence-corrected chi connectivity index (χ2v) is 18.0. The summed E-state index contributed by atoms with van der Waals surface area (Å²) in [6, 6.07) is 10.4. The molecule has 22 heteroatoms. The maximum absolute atomic E-state index is 13.1. The van der Waals surface area contributed by atoms with Gasteiger partial charge in [-0.25, -0.2) is 34.6 Å². The maximum atomic E-state index is 13.1. The Morgan fingerprint density at radius 1 is 0.694 bits per heavy atom. The number of rotatable bonds is 22. The molecule has 3 aliphatic heterocycles. The van der Waals surface area contributed by atoms with Gasteiger partial charge < -0.3 is 55.4 Å². The van der Waals surface area contributed by atoms with Crippen molar-refractivity contribution in [2.24, 2.45) is 0 Å². The van der Waals surface area contributed by atoms with Crippen molar-refractivity contribution in [2.45, 2.75) is 51.7 Å². The molecule has 10 rings (SSSR count). The number of benzene rings is 1. The molecule has 376 valence electrons. The number of ketones is 1. The van der Waals surface area contributed by atoms with E-state index >= 15 is 0 Å². The molecular formula is C50H60N16O6. The third-order valence-electron chi connectivity index (χ3n) is 13.2. The summed E-state index contributed by atoms with van der Waals surface area (Å²) in [6.07, 6.45) is 11.3. The molecule has 0 bridgehead atoms. The predicted molar refractivity (Wildman–Crippen MR) is 269 cm³/mol. The highest BCUT2D eigenvalue weighted by Crippen LogP contribution is 2.32. The fourth-order valence-corrected chi connectivity index (χ4v) is 9.29. The summed E-state index contributed by atoms with van der Waals surface area (Å²) in [5.74, 6) is 1.78. The molecule has 1 amide bonds. The van der Waals surface area contributed by atoms with E-state index in [9.17, 15) is 9.59 Å². The molecule has 0 spiro atoms. The topological polar surface area (TPSA) is 269 Å². The number of hydrogen-bond donors (Lipinski definition) is 4. The lowest BCUT2D eigenvalue weighted by molar-refractivity contribution is -0.133. The van der Waals surface area contributed by atoms with E-state index in [0.717, 1.165) is 84.0 Å².